The highest BCUT2D eigenvalue weighted by Crippen LogP contribution is 2.29. The van der Waals surface area contributed by atoms with Crippen LogP contribution in [0.1, 0.15) is 90.4 Å². The normalized spacial score (nSPS) is 12.3. The van der Waals surface area contributed by atoms with Gasteiger partial charge >= 0.3 is 0 Å². The van der Waals surface area contributed by atoms with Gasteiger partial charge in [0, 0.05) is 17.5 Å². The van der Waals surface area contributed by atoms with E-state index < -0.39 is 9.96 Å². The van der Waals surface area contributed by atoms with Crippen LogP contribution in [0.25, 0.3) is 10.8 Å². The molecule has 0 aromatic heterocycles. The molecule has 2 aromatic carbocycles. The fourth-order valence-corrected chi connectivity index (χ4v) is 4.74. The largest absolute Gasteiger partial charge is 0.339 e. The van der Waals surface area contributed by atoms with Crippen molar-refractivity contribution >= 4 is 74.5 Å². The van der Waals surface area contributed by atoms with Crippen molar-refractivity contribution in [2.75, 3.05) is 5.32 Å². The van der Waals surface area contributed by atoms with Gasteiger partial charge in [-0.05, 0) is 30.1 Å². The summed E-state index contributed by atoms with van der Waals surface area (Å²) in [6, 6.07) is 13.9. The Hall–Kier alpha value is -1.27. The van der Waals surface area contributed by atoms with Gasteiger partial charge in [-0.15, -0.1) is 0 Å². The van der Waals surface area contributed by atoms with Gasteiger partial charge in [-0.2, -0.15) is 0 Å². The second-order valence-corrected chi connectivity index (χ2v) is 12.1. The first-order valence-electron chi connectivity index (χ1n) is 13.2. The fourth-order valence-electron chi connectivity index (χ4n) is 4.18. The number of amides is 1. The van der Waals surface area contributed by atoms with Crippen LogP contribution in [0.4, 0.5) is 5.69 Å². The van der Waals surface area contributed by atoms with E-state index >= 15 is 0 Å². The van der Waals surface area contributed by atoms with Crippen LogP contribution in [0, 0.1) is 0 Å². The molecule has 0 radical (unpaired) electrons. The average molecular weight is 573 g/mol. The summed E-state index contributed by atoms with van der Waals surface area (Å²) in [6.45, 7) is 2.25. The van der Waals surface area contributed by atoms with Gasteiger partial charge in [0.05, 0.1) is 0 Å². The number of unbranched alkanes of at least 4 members (excludes halogenated alkanes) is 11. The Kier molecular flexibility index (Phi) is 14.9. The second-order valence-electron chi connectivity index (χ2n) is 9.31. The number of rotatable bonds is 16. The molecule has 1 atom stereocenters. The number of alkyl halides is 3. The number of fused-ring (bicyclic) bond motifs is 1. The molecule has 0 spiro atoms. The molecule has 8 heteroatoms. The first-order chi connectivity index (χ1) is 17.3. The molecule has 0 bridgehead atoms. The Bertz CT molecular complexity index is 930. The maximum Gasteiger partial charge on any atom is 0.228 e. The maximum absolute atomic E-state index is 12.5. The summed E-state index contributed by atoms with van der Waals surface area (Å²) in [6.07, 6.45) is 14.3. The van der Waals surface area contributed by atoms with Crippen molar-refractivity contribution in [1.82, 2.24) is 10.6 Å². The number of hydrogen-bond donors (Lipinski definition) is 3. The lowest BCUT2D eigenvalue weighted by atomic mass is 10.0. The van der Waals surface area contributed by atoms with Crippen LogP contribution in [0.15, 0.2) is 42.5 Å². The zero-order valence-electron chi connectivity index (χ0n) is 21.3. The fraction of sp³-hybridized carbons (Fsp3) is 0.571. The van der Waals surface area contributed by atoms with Crippen molar-refractivity contribution in [2.45, 2.75) is 100 Å². The molecular weight excluding hydrogens is 533 g/mol. The van der Waals surface area contributed by atoms with Gasteiger partial charge in [-0.1, -0.05) is 149 Å². The number of halogens is 3. The monoisotopic (exact) mass is 571 g/mol. The summed E-state index contributed by atoms with van der Waals surface area (Å²) >= 11 is 23.8. The van der Waals surface area contributed by atoms with E-state index in [1.54, 1.807) is 0 Å². The average Bonchev–Trinajstić information content (AvgIpc) is 2.84. The van der Waals surface area contributed by atoms with E-state index in [4.69, 9.17) is 47.0 Å². The number of carbonyl (C=O) groups is 1. The molecule has 0 fully saturated rings. The third kappa shape index (κ3) is 12.3. The van der Waals surface area contributed by atoms with Gasteiger partial charge < -0.3 is 16.0 Å². The van der Waals surface area contributed by atoms with Crippen LogP contribution in [0.5, 0.6) is 0 Å². The van der Waals surface area contributed by atoms with Crippen LogP contribution >= 0.6 is 47.0 Å². The predicted molar refractivity (Wildman–Crippen MR) is 161 cm³/mol. The van der Waals surface area contributed by atoms with E-state index in [-0.39, 0.29) is 11.0 Å². The van der Waals surface area contributed by atoms with Crippen molar-refractivity contribution in [3.63, 3.8) is 0 Å². The van der Waals surface area contributed by atoms with Gasteiger partial charge in [-0.25, -0.2) is 0 Å². The Morgan fingerprint density at radius 3 is 1.97 bits per heavy atom. The number of anilines is 1. The molecule has 0 saturated heterocycles. The molecule has 0 saturated carbocycles. The molecule has 1 unspecified atom stereocenters. The molecule has 0 aliphatic rings. The lowest BCUT2D eigenvalue weighted by Gasteiger charge is -2.28. The third-order valence-corrected chi connectivity index (χ3v) is 7.08. The lowest BCUT2D eigenvalue weighted by Crippen LogP contribution is -2.56. The highest BCUT2D eigenvalue weighted by atomic mass is 35.6. The number of hydrogen-bond acceptors (Lipinski definition) is 2. The standard InChI is InChI=1S/C28H40Cl3N3OS/c1-2-3-4-5-6-7-8-9-10-11-12-13-21-25(35)33-26(28(29,30)31)34-27(36)32-24-20-16-18-22-17-14-15-19-23(22)24/h14-20,26H,2-13,21H2,1H3,(H,33,35)(H2,32,34,36). The molecule has 2 aromatic rings. The Balaban J connectivity index is 1.67. The molecular formula is C28H40Cl3N3OS. The first-order valence-corrected chi connectivity index (χ1v) is 14.8. The van der Waals surface area contributed by atoms with Crippen LogP contribution < -0.4 is 16.0 Å². The van der Waals surface area contributed by atoms with E-state index in [2.05, 4.69) is 22.9 Å². The van der Waals surface area contributed by atoms with Crippen molar-refractivity contribution in [1.29, 1.82) is 0 Å². The molecule has 0 aliphatic heterocycles. The highest BCUT2D eigenvalue weighted by molar-refractivity contribution is 7.80. The molecule has 1 amide bonds. The summed E-state index contributed by atoms with van der Waals surface area (Å²) in [4.78, 5) is 12.5. The second kappa shape index (κ2) is 17.3. The van der Waals surface area contributed by atoms with Gasteiger partial charge in [0.1, 0.15) is 6.17 Å². The minimum atomic E-state index is -1.77. The van der Waals surface area contributed by atoms with E-state index in [9.17, 15) is 4.79 Å². The summed E-state index contributed by atoms with van der Waals surface area (Å²) in [5, 5.41) is 11.2. The van der Waals surface area contributed by atoms with Gasteiger partial charge in [0.2, 0.25) is 9.70 Å². The van der Waals surface area contributed by atoms with Crippen LogP contribution in [0.2, 0.25) is 0 Å². The number of thiocarbonyl (C=S) groups is 1. The molecule has 0 heterocycles. The zero-order valence-corrected chi connectivity index (χ0v) is 24.3. The van der Waals surface area contributed by atoms with E-state index in [1.807, 2.05) is 42.5 Å². The van der Waals surface area contributed by atoms with E-state index in [0.717, 1.165) is 35.7 Å². The molecule has 2 rings (SSSR count). The Morgan fingerprint density at radius 2 is 1.36 bits per heavy atom. The minimum Gasteiger partial charge on any atom is -0.339 e. The molecule has 0 aliphatic carbocycles. The molecule has 200 valence electrons. The van der Waals surface area contributed by atoms with Gasteiger partial charge in [0.15, 0.2) is 5.11 Å². The lowest BCUT2D eigenvalue weighted by molar-refractivity contribution is -0.122. The van der Waals surface area contributed by atoms with Crippen LogP contribution in [0.3, 0.4) is 0 Å². The quantitative estimate of drug-likeness (QED) is 0.0813. The smallest absolute Gasteiger partial charge is 0.228 e. The maximum atomic E-state index is 12.5. The van der Waals surface area contributed by atoms with Crippen molar-refractivity contribution in [3.05, 3.63) is 42.5 Å². The van der Waals surface area contributed by atoms with Crippen LogP contribution in [-0.4, -0.2) is 21.0 Å². The van der Waals surface area contributed by atoms with Crippen LogP contribution in [-0.2, 0) is 4.79 Å². The minimum absolute atomic E-state index is 0.168. The van der Waals surface area contributed by atoms with E-state index in [1.165, 1.54) is 57.8 Å². The van der Waals surface area contributed by atoms with Crippen molar-refractivity contribution < 1.29 is 4.79 Å². The van der Waals surface area contributed by atoms with E-state index in [0.29, 0.717) is 6.42 Å². The number of benzene rings is 2. The summed E-state index contributed by atoms with van der Waals surface area (Å²) in [5.41, 5.74) is 0.830. The summed E-state index contributed by atoms with van der Waals surface area (Å²) < 4.78 is -1.77. The Morgan fingerprint density at radius 1 is 0.806 bits per heavy atom. The predicted octanol–water partition coefficient (Wildman–Crippen LogP) is 9.03. The van der Waals surface area contributed by atoms with Crippen molar-refractivity contribution in [2.24, 2.45) is 0 Å². The first kappa shape index (κ1) is 31.0. The SMILES string of the molecule is CCCCCCCCCCCCCCC(=O)NC(NC(=S)Nc1cccc2ccccc12)C(Cl)(Cl)Cl. The molecule has 36 heavy (non-hydrogen) atoms. The number of carbonyl (C=O) groups excluding carboxylic acids is 1. The van der Waals surface area contributed by atoms with Gasteiger partial charge in [0.25, 0.3) is 0 Å². The summed E-state index contributed by atoms with van der Waals surface area (Å²) in [5.74, 6) is -0.168. The van der Waals surface area contributed by atoms with Gasteiger partial charge in [-0.3, -0.25) is 4.79 Å². The zero-order chi connectivity index (χ0) is 26.2. The Labute approximate surface area is 237 Å². The molecule has 3 N–H and O–H groups in total. The molecule has 4 nitrogen and oxygen atoms in total. The number of nitrogens with one attached hydrogen (secondary N) is 3. The highest BCUT2D eigenvalue weighted by Gasteiger charge is 2.34. The third-order valence-electron chi connectivity index (χ3n) is 6.20. The summed E-state index contributed by atoms with van der Waals surface area (Å²) in [7, 11) is 0. The topological polar surface area (TPSA) is 53.2 Å². The van der Waals surface area contributed by atoms with Crippen molar-refractivity contribution in [3.8, 4) is 0 Å².